The van der Waals surface area contributed by atoms with Gasteiger partial charge in [-0.25, -0.2) is 8.42 Å². The van der Waals surface area contributed by atoms with Crippen molar-refractivity contribution in [2.45, 2.75) is 11.4 Å². The molecule has 9 heteroatoms. The molecule has 3 aromatic rings. The number of carbonyl (C=O) groups excluding carboxylic acids is 1. The molecule has 0 radical (unpaired) electrons. The summed E-state index contributed by atoms with van der Waals surface area (Å²) in [7, 11) is -2.45. The van der Waals surface area contributed by atoms with E-state index in [0.717, 1.165) is 4.31 Å². The monoisotopic (exact) mass is 478 g/mol. The Morgan fingerprint density at radius 2 is 1.58 bits per heavy atom. The highest BCUT2D eigenvalue weighted by atomic mass is 35.5. The lowest BCUT2D eigenvalue weighted by Crippen LogP contribution is -2.37. The van der Waals surface area contributed by atoms with Crippen LogP contribution in [0.15, 0.2) is 77.7 Å². The number of amides is 1. The highest BCUT2D eigenvalue weighted by Crippen LogP contribution is 2.22. The zero-order valence-electron chi connectivity index (χ0n) is 16.6. The van der Waals surface area contributed by atoms with Crippen LogP contribution in [0.3, 0.4) is 0 Å². The molecule has 0 spiro atoms. The van der Waals surface area contributed by atoms with Crippen LogP contribution < -0.4 is 10.1 Å². The predicted octanol–water partition coefficient (Wildman–Crippen LogP) is 4.83. The first-order valence-electron chi connectivity index (χ1n) is 9.22. The third-order valence-corrected chi connectivity index (χ3v) is 6.71. The number of rotatable bonds is 8. The smallest absolute Gasteiger partial charge is 0.243 e. The van der Waals surface area contributed by atoms with Crippen LogP contribution in [0.1, 0.15) is 5.56 Å². The molecule has 3 aromatic carbocycles. The van der Waals surface area contributed by atoms with E-state index in [2.05, 4.69) is 5.32 Å². The van der Waals surface area contributed by atoms with Gasteiger partial charge in [0.15, 0.2) is 0 Å². The van der Waals surface area contributed by atoms with E-state index in [1.54, 1.807) is 48.5 Å². The number of carbonyl (C=O) groups is 1. The third-order valence-electron chi connectivity index (χ3n) is 4.40. The lowest BCUT2D eigenvalue weighted by molar-refractivity contribution is -0.116. The molecule has 0 heterocycles. The Kier molecular flexibility index (Phi) is 7.56. The van der Waals surface area contributed by atoms with Crippen LogP contribution in [-0.4, -0.2) is 32.3 Å². The zero-order valence-corrected chi connectivity index (χ0v) is 18.9. The number of halogens is 2. The van der Waals surface area contributed by atoms with E-state index < -0.39 is 15.9 Å². The van der Waals surface area contributed by atoms with Gasteiger partial charge in [0.05, 0.1) is 18.6 Å². The third kappa shape index (κ3) is 6.21. The van der Waals surface area contributed by atoms with Crippen molar-refractivity contribution in [3.05, 3.63) is 88.4 Å². The van der Waals surface area contributed by atoms with E-state index in [9.17, 15) is 13.2 Å². The van der Waals surface area contributed by atoms with Crippen molar-refractivity contribution in [3.8, 4) is 5.75 Å². The molecule has 162 valence electrons. The Labute approximate surface area is 191 Å². The lowest BCUT2D eigenvalue weighted by atomic mass is 10.2. The van der Waals surface area contributed by atoms with E-state index in [0.29, 0.717) is 27.0 Å². The fourth-order valence-corrected chi connectivity index (χ4v) is 4.47. The molecular formula is C22H20Cl2N2O4S. The van der Waals surface area contributed by atoms with Crippen molar-refractivity contribution < 1.29 is 17.9 Å². The van der Waals surface area contributed by atoms with Gasteiger partial charge in [0, 0.05) is 28.3 Å². The van der Waals surface area contributed by atoms with Gasteiger partial charge < -0.3 is 10.1 Å². The summed E-state index contributed by atoms with van der Waals surface area (Å²) in [4.78, 5) is 12.7. The molecule has 0 atom stereocenters. The van der Waals surface area contributed by atoms with Gasteiger partial charge >= 0.3 is 0 Å². The Morgan fingerprint density at radius 3 is 2.19 bits per heavy atom. The first-order chi connectivity index (χ1) is 14.8. The first kappa shape index (κ1) is 23.1. The minimum Gasteiger partial charge on any atom is -0.497 e. The average Bonchev–Trinajstić information content (AvgIpc) is 2.75. The van der Waals surface area contributed by atoms with Crippen LogP contribution in [0, 0.1) is 0 Å². The number of nitrogens with one attached hydrogen (secondary N) is 1. The molecule has 0 saturated carbocycles. The molecule has 0 aliphatic rings. The van der Waals surface area contributed by atoms with Crippen molar-refractivity contribution in [2.75, 3.05) is 19.0 Å². The Bertz CT molecular complexity index is 1150. The first-order valence-corrected chi connectivity index (χ1v) is 11.4. The average molecular weight is 479 g/mol. The summed E-state index contributed by atoms with van der Waals surface area (Å²) in [6, 6.07) is 19.4. The summed E-state index contributed by atoms with van der Waals surface area (Å²) in [6.45, 7) is -0.390. The molecule has 0 aliphatic heterocycles. The van der Waals surface area contributed by atoms with E-state index in [1.807, 2.05) is 0 Å². The zero-order chi connectivity index (χ0) is 22.4. The summed E-state index contributed by atoms with van der Waals surface area (Å²) in [5, 5.41) is 3.66. The highest BCUT2D eigenvalue weighted by Gasteiger charge is 2.27. The number of sulfonamides is 1. The molecule has 1 amide bonds. The predicted molar refractivity (Wildman–Crippen MR) is 122 cm³/mol. The standard InChI is InChI=1S/C22H20Cl2N2O4S/c1-30-20-4-2-3-19(13-20)25-22(27)15-26(14-16-5-7-17(23)8-6-16)31(28,29)21-11-9-18(24)10-12-21/h2-13H,14-15H2,1H3,(H,25,27). The van der Waals surface area contributed by atoms with Crippen LogP contribution in [0.5, 0.6) is 5.75 Å². The maximum absolute atomic E-state index is 13.3. The quantitative estimate of drug-likeness (QED) is 0.502. The maximum atomic E-state index is 13.3. The highest BCUT2D eigenvalue weighted by molar-refractivity contribution is 7.89. The molecule has 0 fully saturated rings. The van der Waals surface area contributed by atoms with Crippen molar-refractivity contribution in [1.82, 2.24) is 4.31 Å². The Morgan fingerprint density at radius 1 is 0.968 bits per heavy atom. The normalized spacial score (nSPS) is 11.4. The number of hydrogen-bond donors (Lipinski definition) is 1. The molecule has 31 heavy (non-hydrogen) atoms. The van der Waals surface area contributed by atoms with E-state index in [-0.39, 0.29) is 18.0 Å². The van der Waals surface area contributed by atoms with Crippen molar-refractivity contribution in [2.24, 2.45) is 0 Å². The van der Waals surface area contributed by atoms with E-state index >= 15 is 0 Å². The molecule has 3 rings (SSSR count). The van der Waals surface area contributed by atoms with Crippen LogP contribution in [0.4, 0.5) is 5.69 Å². The van der Waals surface area contributed by atoms with Gasteiger partial charge in [0.1, 0.15) is 5.75 Å². The maximum Gasteiger partial charge on any atom is 0.243 e. The summed E-state index contributed by atoms with van der Waals surface area (Å²) in [5.74, 6) is 0.0874. The Balaban J connectivity index is 1.86. The summed E-state index contributed by atoms with van der Waals surface area (Å²) < 4.78 is 32.8. The van der Waals surface area contributed by atoms with Crippen LogP contribution >= 0.6 is 23.2 Å². The fraction of sp³-hybridized carbons (Fsp3) is 0.136. The van der Waals surface area contributed by atoms with Crippen molar-refractivity contribution in [1.29, 1.82) is 0 Å². The molecule has 6 nitrogen and oxygen atoms in total. The second kappa shape index (κ2) is 10.2. The molecule has 0 aliphatic carbocycles. The second-order valence-electron chi connectivity index (χ2n) is 6.63. The molecule has 1 N–H and O–H groups in total. The summed E-state index contributed by atoms with van der Waals surface area (Å²) in [6.07, 6.45) is 0. The van der Waals surface area contributed by atoms with Gasteiger partial charge in [0.2, 0.25) is 15.9 Å². The fourth-order valence-electron chi connectivity index (χ4n) is 2.84. The number of methoxy groups -OCH3 is 1. The number of nitrogens with zero attached hydrogens (tertiary/aromatic N) is 1. The van der Waals surface area contributed by atoms with Gasteiger partial charge in [-0.2, -0.15) is 4.31 Å². The number of anilines is 1. The van der Waals surface area contributed by atoms with Crippen LogP contribution in [-0.2, 0) is 21.4 Å². The number of hydrogen-bond acceptors (Lipinski definition) is 4. The van der Waals surface area contributed by atoms with Gasteiger partial charge in [-0.05, 0) is 54.1 Å². The van der Waals surface area contributed by atoms with Gasteiger partial charge in [-0.15, -0.1) is 0 Å². The summed E-state index contributed by atoms with van der Waals surface area (Å²) in [5.41, 5.74) is 1.19. The number of ether oxygens (including phenoxy) is 1. The summed E-state index contributed by atoms with van der Waals surface area (Å²) >= 11 is 11.8. The SMILES string of the molecule is COc1cccc(NC(=O)CN(Cc2ccc(Cl)cc2)S(=O)(=O)c2ccc(Cl)cc2)c1. The van der Waals surface area contributed by atoms with Crippen LogP contribution in [0.25, 0.3) is 0 Å². The molecular weight excluding hydrogens is 459 g/mol. The van der Waals surface area contributed by atoms with E-state index in [1.165, 1.54) is 31.4 Å². The molecule has 0 bridgehead atoms. The lowest BCUT2D eigenvalue weighted by Gasteiger charge is -2.22. The second-order valence-corrected chi connectivity index (χ2v) is 9.44. The van der Waals surface area contributed by atoms with E-state index in [4.69, 9.17) is 27.9 Å². The molecule has 0 aromatic heterocycles. The van der Waals surface area contributed by atoms with Gasteiger partial charge in [0.25, 0.3) is 0 Å². The molecule has 0 saturated heterocycles. The number of benzene rings is 3. The Hall–Kier alpha value is -2.58. The van der Waals surface area contributed by atoms with Gasteiger partial charge in [-0.3, -0.25) is 4.79 Å². The van der Waals surface area contributed by atoms with Crippen LogP contribution in [0.2, 0.25) is 10.0 Å². The van der Waals surface area contributed by atoms with Crippen molar-refractivity contribution >= 4 is 44.8 Å². The van der Waals surface area contributed by atoms with Crippen molar-refractivity contribution in [3.63, 3.8) is 0 Å². The largest absolute Gasteiger partial charge is 0.497 e. The van der Waals surface area contributed by atoms with Gasteiger partial charge in [-0.1, -0.05) is 41.4 Å². The minimum absolute atomic E-state index is 0.00629. The topological polar surface area (TPSA) is 75.7 Å². The minimum atomic E-state index is -3.97. The molecule has 0 unspecified atom stereocenters.